The van der Waals surface area contributed by atoms with Gasteiger partial charge < -0.3 is 10.4 Å². The van der Waals surface area contributed by atoms with Crippen LogP contribution >= 0.6 is 0 Å². The summed E-state index contributed by atoms with van der Waals surface area (Å²) in [4.78, 5) is 0. The van der Waals surface area contributed by atoms with E-state index in [9.17, 15) is 13.5 Å². The van der Waals surface area contributed by atoms with Crippen LogP contribution in [0.4, 0.5) is 0 Å². The summed E-state index contributed by atoms with van der Waals surface area (Å²) in [7, 11) is -1.65. The van der Waals surface area contributed by atoms with E-state index in [0.29, 0.717) is 18.9 Å². The molecule has 0 aromatic carbocycles. The Bertz CT molecular complexity index is 385. The van der Waals surface area contributed by atoms with Gasteiger partial charge in [0.15, 0.2) is 0 Å². The molecule has 0 amide bonds. The monoisotopic (exact) mass is 290 g/mol. The smallest absolute Gasteiger partial charge is 0.214 e. The van der Waals surface area contributed by atoms with Crippen LogP contribution in [0.5, 0.6) is 0 Å². The molecule has 112 valence electrons. The third-order valence-corrected chi connectivity index (χ3v) is 6.36. The molecule has 0 bridgehead atoms. The maximum absolute atomic E-state index is 12.3. The van der Waals surface area contributed by atoms with Gasteiger partial charge in [-0.15, -0.1) is 0 Å². The first-order chi connectivity index (χ1) is 8.91. The minimum atomic E-state index is -3.24. The van der Waals surface area contributed by atoms with Gasteiger partial charge in [-0.05, 0) is 31.7 Å². The molecule has 2 fully saturated rings. The highest BCUT2D eigenvalue weighted by Crippen LogP contribution is 2.26. The van der Waals surface area contributed by atoms with Crippen LogP contribution in [0.2, 0.25) is 0 Å². The Hall–Kier alpha value is -0.170. The van der Waals surface area contributed by atoms with E-state index in [4.69, 9.17) is 0 Å². The number of likely N-dealkylation sites (N-methyl/N-ethyl adjacent to an activating group) is 1. The number of nitrogens with one attached hydrogen (secondary N) is 1. The first-order valence-electron chi connectivity index (χ1n) is 7.28. The lowest BCUT2D eigenvalue weighted by atomic mass is 9.91. The standard InChI is InChI=1S/C13H26N2O3S/c1-15(11-13(16)7-8-14-10-13)19(17,18)9-12-5-3-2-4-6-12/h12,14,16H,2-11H2,1H3. The van der Waals surface area contributed by atoms with Crippen LogP contribution in [0.1, 0.15) is 38.5 Å². The minimum absolute atomic E-state index is 0.203. The molecule has 2 N–H and O–H groups in total. The van der Waals surface area contributed by atoms with Gasteiger partial charge in [-0.2, -0.15) is 0 Å². The molecular weight excluding hydrogens is 264 g/mol. The van der Waals surface area contributed by atoms with Crippen LogP contribution < -0.4 is 5.32 Å². The number of β-amino-alcohol motifs (C(OH)–C–C–N with tert-alkyl or cyclic N) is 1. The zero-order valence-corrected chi connectivity index (χ0v) is 12.6. The Labute approximate surface area is 116 Å². The van der Waals surface area contributed by atoms with Crippen molar-refractivity contribution in [3.8, 4) is 0 Å². The molecule has 1 saturated heterocycles. The average Bonchev–Trinajstić information content (AvgIpc) is 2.76. The van der Waals surface area contributed by atoms with E-state index in [1.54, 1.807) is 7.05 Å². The number of nitrogens with zero attached hydrogens (tertiary/aromatic N) is 1. The first kappa shape index (κ1) is 15.2. The summed E-state index contributed by atoms with van der Waals surface area (Å²) >= 11 is 0. The molecule has 0 spiro atoms. The molecule has 0 aromatic rings. The Kier molecular flexibility index (Phi) is 4.87. The molecule has 0 aromatic heterocycles. The second kappa shape index (κ2) is 6.08. The van der Waals surface area contributed by atoms with Crippen molar-refractivity contribution < 1.29 is 13.5 Å². The Morgan fingerprint density at radius 1 is 1.32 bits per heavy atom. The van der Waals surface area contributed by atoms with Crippen molar-refractivity contribution in [2.24, 2.45) is 5.92 Å². The van der Waals surface area contributed by atoms with Gasteiger partial charge >= 0.3 is 0 Å². The van der Waals surface area contributed by atoms with Crippen LogP contribution in [-0.2, 0) is 10.0 Å². The number of hydrogen-bond acceptors (Lipinski definition) is 4. The van der Waals surface area contributed by atoms with Crippen LogP contribution in [-0.4, -0.2) is 55.9 Å². The quantitative estimate of drug-likeness (QED) is 0.776. The molecule has 0 radical (unpaired) electrons. The van der Waals surface area contributed by atoms with Gasteiger partial charge in [0.25, 0.3) is 0 Å². The van der Waals surface area contributed by atoms with Crippen molar-refractivity contribution in [3.63, 3.8) is 0 Å². The predicted octanol–water partition coefficient (Wildman–Crippen LogP) is 0.553. The van der Waals surface area contributed by atoms with E-state index in [1.165, 1.54) is 10.7 Å². The van der Waals surface area contributed by atoms with Gasteiger partial charge in [0.05, 0.1) is 11.4 Å². The third-order valence-electron chi connectivity index (χ3n) is 4.38. The normalized spacial score (nSPS) is 30.1. The molecule has 1 saturated carbocycles. The second-order valence-electron chi connectivity index (χ2n) is 6.19. The van der Waals surface area contributed by atoms with E-state index in [-0.39, 0.29) is 12.3 Å². The average molecular weight is 290 g/mol. The Morgan fingerprint density at radius 2 is 2.00 bits per heavy atom. The van der Waals surface area contributed by atoms with Crippen molar-refractivity contribution in [1.82, 2.24) is 9.62 Å². The van der Waals surface area contributed by atoms with Gasteiger partial charge in [-0.25, -0.2) is 12.7 Å². The molecule has 1 heterocycles. The third kappa shape index (κ3) is 4.15. The SMILES string of the molecule is CN(CC1(O)CCNC1)S(=O)(=O)CC1CCCCC1. The van der Waals surface area contributed by atoms with Gasteiger partial charge in [-0.3, -0.25) is 0 Å². The van der Waals surface area contributed by atoms with E-state index < -0.39 is 15.6 Å². The van der Waals surface area contributed by atoms with Crippen LogP contribution in [0, 0.1) is 5.92 Å². The summed E-state index contributed by atoms with van der Waals surface area (Å²) in [5, 5.41) is 13.3. The summed E-state index contributed by atoms with van der Waals surface area (Å²) in [6.45, 7) is 1.44. The number of aliphatic hydroxyl groups is 1. The molecule has 6 heteroatoms. The molecule has 2 aliphatic rings. The molecule has 19 heavy (non-hydrogen) atoms. The maximum Gasteiger partial charge on any atom is 0.214 e. The highest BCUT2D eigenvalue weighted by molar-refractivity contribution is 7.89. The summed E-state index contributed by atoms with van der Waals surface area (Å²) in [5.41, 5.74) is -0.894. The fourth-order valence-corrected chi connectivity index (χ4v) is 4.78. The van der Waals surface area contributed by atoms with Crippen molar-refractivity contribution in [3.05, 3.63) is 0 Å². The maximum atomic E-state index is 12.3. The van der Waals surface area contributed by atoms with Gasteiger partial charge in [-0.1, -0.05) is 19.3 Å². The van der Waals surface area contributed by atoms with E-state index in [2.05, 4.69) is 5.32 Å². The number of hydrogen-bond donors (Lipinski definition) is 2. The van der Waals surface area contributed by atoms with Crippen molar-refractivity contribution >= 4 is 10.0 Å². The van der Waals surface area contributed by atoms with Crippen LogP contribution in [0.25, 0.3) is 0 Å². The molecular formula is C13H26N2O3S. The second-order valence-corrected chi connectivity index (χ2v) is 8.31. The lowest BCUT2D eigenvalue weighted by Crippen LogP contribution is -2.46. The zero-order valence-electron chi connectivity index (χ0n) is 11.8. The number of rotatable bonds is 5. The highest BCUT2D eigenvalue weighted by atomic mass is 32.2. The largest absolute Gasteiger partial charge is 0.387 e. The van der Waals surface area contributed by atoms with Crippen molar-refractivity contribution in [2.45, 2.75) is 44.1 Å². The Balaban J connectivity index is 1.90. The topological polar surface area (TPSA) is 69.6 Å². The molecule has 2 rings (SSSR count). The summed E-state index contributed by atoms with van der Waals surface area (Å²) in [5.74, 6) is 0.546. The Morgan fingerprint density at radius 3 is 2.58 bits per heavy atom. The first-order valence-corrected chi connectivity index (χ1v) is 8.89. The lowest BCUT2D eigenvalue weighted by molar-refractivity contribution is 0.0461. The molecule has 5 nitrogen and oxygen atoms in total. The highest BCUT2D eigenvalue weighted by Gasteiger charge is 2.36. The van der Waals surface area contributed by atoms with E-state index in [1.807, 2.05) is 0 Å². The minimum Gasteiger partial charge on any atom is -0.387 e. The van der Waals surface area contributed by atoms with Crippen LogP contribution in [0.3, 0.4) is 0 Å². The molecule has 1 aliphatic heterocycles. The van der Waals surface area contributed by atoms with Gasteiger partial charge in [0.2, 0.25) is 10.0 Å². The lowest BCUT2D eigenvalue weighted by Gasteiger charge is -2.29. The fourth-order valence-electron chi connectivity index (χ4n) is 3.16. The molecule has 1 aliphatic carbocycles. The zero-order chi connectivity index (χ0) is 13.9. The van der Waals surface area contributed by atoms with Gasteiger partial charge in [0.1, 0.15) is 0 Å². The summed E-state index contributed by atoms with van der Waals surface area (Å²) < 4.78 is 26.0. The van der Waals surface area contributed by atoms with E-state index in [0.717, 1.165) is 32.2 Å². The molecule has 1 atom stereocenters. The van der Waals surface area contributed by atoms with E-state index >= 15 is 0 Å². The molecule has 1 unspecified atom stereocenters. The van der Waals surface area contributed by atoms with Crippen LogP contribution in [0.15, 0.2) is 0 Å². The summed E-state index contributed by atoms with van der Waals surface area (Å²) in [6, 6.07) is 0. The van der Waals surface area contributed by atoms with Crippen molar-refractivity contribution in [2.75, 3.05) is 32.4 Å². The number of sulfonamides is 1. The predicted molar refractivity (Wildman–Crippen MR) is 75.4 cm³/mol. The van der Waals surface area contributed by atoms with Gasteiger partial charge in [0, 0.05) is 20.1 Å². The van der Waals surface area contributed by atoms with Crippen molar-refractivity contribution in [1.29, 1.82) is 0 Å². The summed E-state index contributed by atoms with van der Waals surface area (Å²) in [6.07, 6.45) is 6.21. The fraction of sp³-hybridized carbons (Fsp3) is 1.00.